The highest BCUT2D eigenvalue weighted by Crippen LogP contribution is 2.14. The van der Waals surface area contributed by atoms with E-state index >= 15 is 0 Å². The van der Waals surface area contributed by atoms with Crippen molar-refractivity contribution in [1.29, 1.82) is 0 Å². The lowest BCUT2D eigenvalue weighted by molar-refractivity contribution is 0.398. The summed E-state index contributed by atoms with van der Waals surface area (Å²) in [5.74, 6) is 5.99. The maximum Gasteiger partial charge on any atom is 0.0272 e. The van der Waals surface area contributed by atoms with Crippen molar-refractivity contribution in [1.82, 2.24) is 5.32 Å². The van der Waals surface area contributed by atoms with Gasteiger partial charge in [0.1, 0.15) is 0 Å². The largest absolute Gasteiger partial charge is 0.314 e. The van der Waals surface area contributed by atoms with Crippen LogP contribution in [0.2, 0.25) is 0 Å². The molecule has 0 aromatic heterocycles. The Morgan fingerprint density at radius 2 is 2.36 bits per heavy atom. The van der Waals surface area contributed by atoms with Crippen LogP contribution in [-0.4, -0.2) is 12.6 Å². The topological polar surface area (TPSA) is 12.0 Å². The van der Waals surface area contributed by atoms with Crippen molar-refractivity contribution in [2.75, 3.05) is 6.54 Å². The molecule has 0 aromatic rings. The Kier molecular flexibility index (Phi) is 5.40. The Hall–Kier alpha value is -0.740. The molecule has 78 valence electrons. The van der Waals surface area contributed by atoms with Crippen LogP contribution in [-0.2, 0) is 0 Å². The van der Waals surface area contributed by atoms with Gasteiger partial charge in [0.25, 0.3) is 0 Å². The molecular weight excluding hydrogens is 170 g/mol. The van der Waals surface area contributed by atoms with E-state index in [2.05, 4.69) is 30.2 Å². The lowest BCUT2D eigenvalue weighted by atomic mass is 9.98. The third kappa shape index (κ3) is 4.48. The van der Waals surface area contributed by atoms with Crippen molar-refractivity contribution in [2.45, 2.75) is 52.0 Å². The van der Waals surface area contributed by atoms with Gasteiger partial charge >= 0.3 is 0 Å². The molecule has 1 aliphatic rings. The molecule has 0 spiro atoms. The van der Waals surface area contributed by atoms with E-state index in [4.69, 9.17) is 0 Å². The summed E-state index contributed by atoms with van der Waals surface area (Å²) in [7, 11) is 0. The minimum Gasteiger partial charge on any atom is -0.314 e. The quantitative estimate of drug-likeness (QED) is 0.534. The molecule has 0 bridgehead atoms. The van der Waals surface area contributed by atoms with E-state index in [1.165, 1.54) is 37.8 Å². The third-order valence-corrected chi connectivity index (χ3v) is 2.71. The van der Waals surface area contributed by atoms with Crippen molar-refractivity contribution in [2.24, 2.45) is 0 Å². The Morgan fingerprint density at radius 3 is 3.00 bits per heavy atom. The molecule has 1 saturated heterocycles. The molecule has 0 saturated carbocycles. The summed E-state index contributed by atoms with van der Waals surface area (Å²) in [4.78, 5) is 0. The number of rotatable bonds is 3. The molecule has 1 fully saturated rings. The van der Waals surface area contributed by atoms with Crippen LogP contribution >= 0.6 is 0 Å². The van der Waals surface area contributed by atoms with Gasteiger partial charge in [0.05, 0.1) is 0 Å². The van der Waals surface area contributed by atoms with E-state index in [-0.39, 0.29) is 0 Å². The highest BCUT2D eigenvalue weighted by Gasteiger charge is 2.11. The van der Waals surface area contributed by atoms with Gasteiger partial charge in [-0.05, 0) is 39.7 Å². The second kappa shape index (κ2) is 6.68. The summed E-state index contributed by atoms with van der Waals surface area (Å²) in [6.45, 7) is 5.31. The predicted molar refractivity (Wildman–Crippen MR) is 62.1 cm³/mol. The van der Waals surface area contributed by atoms with Crippen molar-refractivity contribution in [3.05, 3.63) is 11.6 Å². The summed E-state index contributed by atoms with van der Waals surface area (Å²) >= 11 is 0. The van der Waals surface area contributed by atoms with Gasteiger partial charge in [-0.15, -0.1) is 5.92 Å². The van der Waals surface area contributed by atoms with Gasteiger partial charge in [0, 0.05) is 12.5 Å². The average molecular weight is 191 g/mol. The first kappa shape index (κ1) is 11.3. The van der Waals surface area contributed by atoms with Crippen LogP contribution in [0.1, 0.15) is 46.0 Å². The summed E-state index contributed by atoms with van der Waals surface area (Å²) in [6, 6.07) is 0.717. The van der Waals surface area contributed by atoms with E-state index < -0.39 is 0 Å². The zero-order valence-electron chi connectivity index (χ0n) is 9.40. The lowest BCUT2D eigenvalue weighted by Gasteiger charge is -2.23. The van der Waals surface area contributed by atoms with Crippen LogP contribution in [0.25, 0.3) is 0 Å². The molecule has 0 aliphatic carbocycles. The molecule has 14 heavy (non-hydrogen) atoms. The van der Waals surface area contributed by atoms with E-state index in [0.29, 0.717) is 0 Å². The molecule has 1 aliphatic heterocycles. The van der Waals surface area contributed by atoms with Crippen LogP contribution in [0.5, 0.6) is 0 Å². The lowest BCUT2D eigenvalue weighted by Crippen LogP contribution is -2.33. The molecular formula is C13H21N. The Balaban J connectivity index is 2.26. The fraction of sp³-hybridized carbons (Fsp3) is 0.692. The molecule has 0 radical (unpaired) electrons. The van der Waals surface area contributed by atoms with Gasteiger partial charge in [-0.1, -0.05) is 24.0 Å². The van der Waals surface area contributed by atoms with Gasteiger partial charge in [-0.2, -0.15) is 0 Å². The molecule has 0 aromatic carbocycles. The van der Waals surface area contributed by atoms with E-state index in [9.17, 15) is 0 Å². The first-order valence-electron chi connectivity index (χ1n) is 5.61. The van der Waals surface area contributed by atoms with Crippen LogP contribution in [0.3, 0.4) is 0 Å². The van der Waals surface area contributed by atoms with Crippen LogP contribution < -0.4 is 5.32 Å². The first-order valence-corrected chi connectivity index (χ1v) is 5.61. The molecule has 1 heterocycles. The van der Waals surface area contributed by atoms with Crippen LogP contribution in [0.4, 0.5) is 0 Å². The van der Waals surface area contributed by atoms with Crippen LogP contribution in [0, 0.1) is 11.8 Å². The predicted octanol–water partition coefficient (Wildman–Crippen LogP) is 2.88. The number of nitrogens with one attached hydrogen (secondary N) is 1. The molecule has 1 unspecified atom stereocenters. The molecule has 1 heteroatoms. The third-order valence-electron chi connectivity index (χ3n) is 2.71. The number of hydrogen-bond acceptors (Lipinski definition) is 1. The van der Waals surface area contributed by atoms with Gasteiger partial charge in [-0.3, -0.25) is 0 Å². The Bertz CT molecular complexity index is 236. The molecule has 1 N–H and O–H groups in total. The van der Waals surface area contributed by atoms with Crippen LogP contribution in [0.15, 0.2) is 11.6 Å². The Labute approximate surface area is 88.0 Å². The van der Waals surface area contributed by atoms with Gasteiger partial charge in [-0.25, -0.2) is 0 Å². The zero-order valence-corrected chi connectivity index (χ0v) is 9.40. The summed E-state index contributed by atoms with van der Waals surface area (Å²) < 4.78 is 0. The normalized spacial score (nSPS) is 22.7. The number of hydrogen-bond donors (Lipinski definition) is 1. The molecule has 1 atom stereocenters. The molecule has 1 nitrogen and oxygen atoms in total. The maximum atomic E-state index is 3.56. The maximum absolute atomic E-state index is 3.56. The number of allylic oxidation sites excluding steroid dienone is 1. The second-order valence-electron chi connectivity index (χ2n) is 4.03. The summed E-state index contributed by atoms with van der Waals surface area (Å²) in [6.07, 6.45) is 8.44. The fourth-order valence-electron chi connectivity index (χ4n) is 1.90. The fourth-order valence-corrected chi connectivity index (χ4v) is 1.90. The van der Waals surface area contributed by atoms with Crippen molar-refractivity contribution in [3.8, 4) is 11.8 Å². The SMILES string of the molecule is CC#CC/C=C(/C)CC1CCCCN1. The van der Waals surface area contributed by atoms with Crippen molar-refractivity contribution in [3.63, 3.8) is 0 Å². The standard InChI is InChI=1S/C13H21N/c1-3-4-5-8-12(2)11-13-9-6-7-10-14-13/h8,13-14H,5-7,9-11H2,1-2H3/b12-8-. The second-order valence-corrected chi connectivity index (χ2v) is 4.03. The summed E-state index contributed by atoms with van der Waals surface area (Å²) in [5.41, 5.74) is 1.48. The monoisotopic (exact) mass is 191 g/mol. The zero-order chi connectivity index (χ0) is 10.2. The van der Waals surface area contributed by atoms with Gasteiger partial charge in [0.15, 0.2) is 0 Å². The van der Waals surface area contributed by atoms with E-state index in [1.807, 2.05) is 6.92 Å². The Morgan fingerprint density at radius 1 is 1.50 bits per heavy atom. The summed E-state index contributed by atoms with van der Waals surface area (Å²) in [5, 5.41) is 3.56. The van der Waals surface area contributed by atoms with E-state index in [1.54, 1.807) is 0 Å². The average Bonchev–Trinajstić information content (AvgIpc) is 2.20. The number of piperidine rings is 1. The van der Waals surface area contributed by atoms with Gasteiger partial charge in [0.2, 0.25) is 0 Å². The van der Waals surface area contributed by atoms with Gasteiger partial charge < -0.3 is 5.32 Å². The highest BCUT2D eigenvalue weighted by molar-refractivity contribution is 5.08. The molecule has 1 rings (SSSR count). The highest BCUT2D eigenvalue weighted by atomic mass is 14.9. The molecule has 0 amide bonds. The minimum absolute atomic E-state index is 0.717. The van der Waals surface area contributed by atoms with Crippen molar-refractivity contribution >= 4 is 0 Å². The van der Waals surface area contributed by atoms with Crippen molar-refractivity contribution < 1.29 is 0 Å². The first-order chi connectivity index (χ1) is 6.83. The smallest absolute Gasteiger partial charge is 0.0272 e. The van der Waals surface area contributed by atoms with E-state index in [0.717, 1.165) is 12.5 Å². The minimum atomic E-state index is 0.717.